The van der Waals surface area contributed by atoms with Gasteiger partial charge in [0.1, 0.15) is 0 Å². The van der Waals surface area contributed by atoms with Crippen molar-refractivity contribution >= 4 is 0 Å². The van der Waals surface area contributed by atoms with Crippen LogP contribution in [0.15, 0.2) is 0 Å². The summed E-state index contributed by atoms with van der Waals surface area (Å²) in [7, 11) is 0. The zero-order chi connectivity index (χ0) is 13.8. The van der Waals surface area contributed by atoms with Crippen molar-refractivity contribution in [3.63, 3.8) is 0 Å². The Bertz CT molecular complexity index is 240. The number of hydrogen-bond acceptors (Lipinski definition) is 2. The number of nitrogens with zero attached hydrogens (tertiary/aromatic N) is 1. The molecular formula is C16H34N2. The molecule has 1 aliphatic rings. The second-order valence-electron chi connectivity index (χ2n) is 7.96. The summed E-state index contributed by atoms with van der Waals surface area (Å²) < 4.78 is 0. The summed E-state index contributed by atoms with van der Waals surface area (Å²) in [5.41, 5.74) is 6.57. The molecule has 2 heteroatoms. The first-order valence-corrected chi connectivity index (χ1v) is 7.67. The van der Waals surface area contributed by atoms with Crippen molar-refractivity contribution in [3.05, 3.63) is 0 Å². The van der Waals surface area contributed by atoms with E-state index in [1.807, 2.05) is 0 Å². The van der Waals surface area contributed by atoms with Gasteiger partial charge in [-0.2, -0.15) is 0 Å². The van der Waals surface area contributed by atoms with Crippen LogP contribution in [0.2, 0.25) is 0 Å². The first kappa shape index (κ1) is 16.0. The molecule has 1 aliphatic heterocycles. The summed E-state index contributed by atoms with van der Waals surface area (Å²) >= 11 is 0. The van der Waals surface area contributed by atoms with Gasteiger partial charge < -0.3 is 10.6 Å². The zero-order valence-electron chi connectivity index (χ0n) is 13.3. The van der Waals surface area contributed by atoms with Crippen LogP contribution in [-0.2, 0) is 0 Å². The smallest absolute Gasteiger partial charge is 0.00151 e. The normalized spacial score (nSPS) is 22.7. The Labute approximate surface area is 114 Å². The van der Waals surface area contributed by atoms with Crippen molar-refractivity contribution in [1.29, 1.82) is 0 Å². The molecule has 0 aromatic carbocycles. The average Bonchev–Trinajstić information content (AvgIpc) is 2.65. The van der Waals surface area contributed by atoms with Crippen LogP contribution in [-0.4, -0.2) is 31.1 Å². The van der Waals surface area contributed by atoms with Gasteiger partial charge in [0.25, 0.3) is 0 Å². The highest BCUT2D eigenvalue weighted by Crippen LogP contribution is 2.34. The lowest BCUT2D eigenvalue weighted by molar-refractivity contribution is 0.218. The molecular weight excluding hydrogens is 220 g/mol. The topological polar surface area (TPSA) is 29.3 Å². The number of nitrogens with two attached hydrogens (primary N) is 1. The molecule has 1 fully saturated rings. The summed E-state index contributed by atoms with van der Waals surface area (Å²) in [4.78, 5) is 2.66. The summed E-state index contributed by atoms with van der Waals surface area (Å²) in [5.74, 6) is 0.884. The molecule has 0 aliphatic carbocycles. The van der Waals surface area contributed by atoms with E-state index >= 15 is 0 Å². The lowest BCUT2D eigenvalue weighted by Crippen LogP contribution is -2.27. The Balaban J connectivity index is 2.22. The third kappa shape index (κ3) is 5.27. The van der Waals surface area contributed by atoms with Gasteiger partial charge in [-0.15, -0.1) is 0 Å². The fourth-order valence-corrected chi connectivity index (χ4v) is 3.04. The van der Waals surface area contributed by atoms with Crippen LogP contribution in [0.3, 0.4) is 0 Å². The fourth-order valence-electron chi connectivity index (χ4n) is 3.04. The highest BCUT2D eigenvalue weighted by atomic mass is 15.1. The second-order valence-corrected chi connectivity index (χ2v) is 7.96. The van der Waals surface area contributed by atoms with E-state index in [1.165, 1.54) is 38.9 Å². The Kier molecular flexibility index (Phi) is 5.67. The molecule has 18 heavy (non-hydrogen) atoms. The first-order chi connectivity index (χ1) is 8.24. The average molecular weight is 254 g/mol. The molecule has 0 aromatic heterocycles. The summed E-state index contributed by atoms with van der Waals surface area (Å²) in [6, 6.07) is 0. The molecule has 1 saturated heterocycles. The standard InChI is InChI=1S/C16H34N2/c1-15(2,3)14-7-12-18(13-14)11-6-8-16(4,5)9-10-17/h14H,6-13,17H2,1-5H3. The van der Waals surface area contributed by atoms with Crippen molar-refractivity contribution in [2.45, 2.75) is 60.3 Å². The van der Waals surface area contributed by atoms with Gasteiger partial charge >= 0.3 is 0 Å². The largest absolute Gasteiger partial charge is 0.330 e. The molecule has 0 spiro atoms. The maximum absolute atomic E-state index is 5.66. The van der Waals surface area contributed by atoms with Crippen molar-refractivity contribution < 1.29 is 0 Å². The van der Waals surface area contributed by atoms with Crippen molar-refractivity contribution in [2.75, 3.05) is 26.2 Å². The highest BCUT2D eigenvalue weighted by Gasteiger charge is 2.31. The van der Waals surface area contributed by atoms with Gasteiger partial charge in [-0.05, 0) is 62.1 Å². The van der Waals surface area contributed by atoms with Crippen LogP contribution in [0.25, 0.3) is 0 Å². The molecule has 1 rings (SSSR count). The van der Waals surface area contributed by atoms with Crippen LogP contribution >= 0.6 is 0 Å². The quantitative estimate of drug-likeness (QED) is 0.786. The van der Waals surface area contributed by atoms with Gasteiger partial charge in [0.05, 0.1) is 0 Å². The fraction of sp³-hybridized carbons (Fsp3) is 1.00. The Morgan fingerprint density at radius 1 is 1.11 bits per heavy atom. The summed E-state index contributed by atoms with van der Waals surface area (Å²) in [6.07, 6.45) is 5.16. The van der Waals surface area contributed by atoms with Gasteiger partial charge in [-0.3, -0.25) is 0 Å². The molecule has 0 bridgehead atoms. The van der Waals surface area contributed by atoms with E-state index in [0.29, 0.717) is 10.8 Å². The van der Waals surface area contributed by atoms with E-state index in [2.05, 4.69) is 39.5 Å². The molecule has 1 heterocycles. The minimum atomic E-state index is 0.428. The van der Waals surface area contributed by atoms with E-state index in [0.717, 1.165) is 18.9 Å². The van der Waals surface area contributed by atoms with E-state index in [4.69, 9.17) is 5.73 Å². The predicted octanol–water partition coefficient (Wildman–Crippen LogP) is 3.51. The Hall–Kier alpha value is -0.0800. The van der Waals surface area contributed by atoms with Crippen LogP contribution in [0.1, 0.15) is 60.3 Å². The minimum Gasteiger partial charge on any atom is -0.330 e. The van der Waals surface area contributed by atoms with E-state index in [-0.39, 0.29) is 0 Å². The molecule has 0 amide bonds. The van der Waals surface area contributed by atoms with E-state index in [9.17, 15) is 0 Å². The number of hydrogen-bond donors (Lipinski definition) is 1. The van der Waals surface area contributed by atoms with Gasteiger partial charge in [0.15, 0.2) is 0 Å². The van der Waals surface area contributed by atoms with E-state index in [1.54, 1.807) is 0 Å². The van der Waals surface area contributed by atoms with Crippen LogP contribution in [0.4, 0.5) is 0 Å². The molecule has 2 nitrogen and oxygen atoms in total. The third-order valence-electron chi connectivity index (χ3n) is 4.65. The molecule has 1 atom stereocenters. The van der Waals surface area contributed by atoms with Gasteiger partial charge in [0, 0.05) is 6.54 Å². The van der Waals surface area contributed by atoms with E-state index < -0.39 is 0 Å². The Morgan fingerprint density at radius 3 is 2.28 bits per heavy atom. The lowest BCUT2D eigenvalue weighted by atomic mass is 9.80. The second kappa shape index (κ2) is 6.38. The van der Waals surface area contributed by atoms with Crippen molar-refractivity contribution in [3.8, 4) is 0 Å². The SMILES string of the molecule is CC(C)(CCN)CCCN1CCC(C(C)(C)C)C1. The first-order valence-electron chi connectivity index (χ1n) is 7.67. The molecule has 108 valence electrons. The number of likely N-dealkylation sites (tertiary alicyclic amines) is 1. The van der Waals surface area contributed by atoms with Crippen molar-refractivity contribution in [2.24, 2.45) is 22.5 Å². The summed E-state index contributed by atoms with van der Waals surface area (Å²) in [5, 5.41) is 0. The molecule has 0 radical (unpaired) electrons. The predicted molar refractivity (Wildman–Crippen MR) is 80.7 cm³/mol. The molecule has 0 aromatic rings. The third-order valence-corrected chi connectivity index (χ3v) is 4.65. The molecule has 2 N–H and O–H groups in total. The van der Waals surface area contributed by atoms with Crippen LogP contribution in [0, 0.1) is 16.7 Å². The van der Waals surface area contributed by atoms with Gasteiger partial charge in [-0.25, -0.2) is 0 Å². The monoisotopic (exact) mass is 254 g/mol. The molecule has 1 unspecified atom stereocenters. The maximum atomic E-state index is 5.66. The van der Waals surface area contributed by atoms with Crippen LogP contribution in [0.5, 0.6) is 0 Å². The Morgan fingerprint density at radius 2 is 1.78 bits per heavy atom. The lowest BCUT2D eigenvalue weighted by Gasteiger charge is -2.28. The number of rotatable bonds is 6. The van der Waals surface area contributed by atoms with Gasteiger partial charge in [0.2, 0.25) is 0 Å². The van der Waals surface area contributed by atoms with Crippen LogP contribution < -0.4 is 5.73 Å². The van der Waals surface area contributed by atoms with Gasteiger partial charge in [-0.1, -0.05) is 34.6 Å². The summed E-state index contributed by atoms with van der Waals surface area (Å²) in [6.45, 7) is 16.6. The maximum Gasteiger partial charge on any atom is 0.00151 e. The minimum absolute atomic E-state index is 0.428. The highest BCUT2D eigenvalue weighted by molar-refractivity contribution is 4.84. The zero-order valence-corrected chi connectivity index (χ0v) is 13.3. The van der Waals surface area contributed by atoms with Crippen molar-refractivity contribution in [1.82, 2.24) is 4.90 Å². The molecule has 0 saturated carbocycles.